The van der Waals surface area contributed by atoms with Gasteiger partial charge in [-0.15, -0.1) is 0 Å². The number of fused-ring (bicyclic) bond motifs is 3. The number of hydrogen-bond acceptors (Lipinski definition) is 6. The summed E-state index contributed by atoms with van der Waals surface area (Å²) in [7, 11) is 1.81. The van der Waals surface area contributed by atoms with Crippen LogP contribution in [0.15, 0.2) is 24.5 Å². The van der Waals surface area contributed by atoms with E-state index in [-0.39, 0.29) is 12.0 Å². The average molecular weight is 366 g/mol. The Hall–Kier alpha value is -3.00. The first-order valence-corrected chi connectivity index (χ1v) is 8.95. The monoisotopic (exact) mass is 366 g/mol. The van der Waals surface area contributed by atoms with E-state index in [9.17, 15) is 4.79 Å². The van der Waals surface area contributed by atoms with Gasteiger partial charge in [0.25, 0.3) is 5.91 Å². The largest absolute Gasteiger partial charge is 0.383 e. The van der Waals surface area contributed by atoms with Crippen molar-refractivity contribution in [3.8, 4) is 0 Å². The Bertz CT molecular complexity index is 1030. The van der Waals surface area contributed by atoms with Crippen molar-refractivity contribution >= 4 is 22.6 Å². The number of carbonyl (C=O) groups is 1. The zero-order chi connectivity index (χ0) is 19.1. The number of anilines is 1. The molecule has 2 aromatic heterocycles. The number of nitrogen functional groups attached to an aromatic ring is 1. The highest BCUT2D eigenvalue weighted by Crippen LogP contribution is 2.38. The summed E-state index contributed by atoms with van der Waals surface area (Å²) in [6.45, 7) is 5.31. The smallest absolute Gasteiger partial charge is 0.254 e. The highest BCUT2D eigenvalue weighted by atomic mass is 16.5. The van der Waals surface area contributed by atoms with E-state index >= 15 is 0 Å². The molecule has 0 bridgehead atoms. The minimum Gasteiger partial charge on any atom is -0.383 e. The zero-order valence-electron chi connectivity index (χ0n) is 15.6. The Morgan fingerprint density at radius 3 is 2.96 bits per heavy atom. The number of rotatable bonds is 4. The Balaban J connectivity index is 1.70. The molecule has 0 saturated heterocycles. The number of benzene rings is 1. The van der Waals surface area contributed by atoms with Crippen LogP contribution >= 0.6 is 0 Å². The van der Waals surface area contributed by atoms with Gasteiger partial charge in [-0.1, -0.05) is 0 Å². The second-order valence-electron chi connectivity index (χ2n) is 6.73. The summed E-state index contributed by atoms with van der Waals surface area (Å²) in [5.41, 5.74) is 9.43. The maximum atomic E-state index is 13.0. The van der Waals surface area contributed by atoms with Crippen LogP contribution in [-0.2, 0) is 24.9 Å². The molecule has 3 aromatic rings. The van der Waals surface area contributed by atoms with Gasteiger partial charge in [-0.05, 0) is 37.6 Å². The Morgan fingerprint density at radius 1 is 1.44 bits per heavy atom. The Morgan fingerprint density at radius 2 is 2.26 bits per heavy atom. The van der Waals surface area contributed by atoms with Crippen molar-refractivity contribution in [3.63, 3.8) is 0 Å². The normalized spacial score (nSPS) is 15.9. The van der Waals surface area contributed by atoms with Crippen molar-refractivity contribution in [1.29, 1.82) is 0 Å². The van der Waals surface area contributed by atoms with E-state index in [1.165, 1.54) is 0 Å². The first-order valence-electron chi connectivity index (χ1n) is 8.95. The highest BCUT2D eigenvalue weighted by Gasteiger charge is 2.26. The summed E-state index contributed by atoms with van der Waals surface area (Å²) >= 11 is 0. The molecule has 140 valence electrons. The molecule has 1 aliphatic rings. The fourth-order valence-electron chi connectivity index (χ4n) is 3.54. The van der Waals surface area contributed by atoms with Crippen LogP contribution in [-0.4, -0.2) is 37.1 Å². The number of aryl methyl sites for hydroxylation is 1. The van der Waals surface area contributed by atoms with Crippen LogP contribution in [0.4, 0.5) is 5.82 Å². The van der Waals surface area contributed by atoms with Gasteiger partial charge >= 0.3 is 0 Å². The van der Waals surface area contributed by atoms with Gasteiger partial charge in [-0.3, -0.25) is 9.48 Å². The Labute approximate surface area is 157 Å². The molecule has 1 aliphatic heterocycles. The number of amides is 1. The molecule has 0 fully saturated rings. The number of pyridine rings is 1. The summed E-state index contributed by atoms with van der Waals surface area (Å²) in [5, 5.41) is 5.18. The number of hydrogen-bond donors (Lipinski definition) is 1. The molecule has 8 heteroatoms. The van der Waals surface area contributed by atoms with E-state index in [2.05, 4.69) is 15.1 Å². The lowest BCUT2D eigenvalue weighted by Crippen LogP contribution is -2.30. The molecule has 8 nitrogen and oxygen atoms in total. The number of ether oxygens (including phenoxy) is 1. The van der Waals surface area contributed by atoms with Gasteiger partial charge in [0.1, 0.15) is 12.1 Å². The molecule has 0 saturated carbocycles. The summed E-state index contributed by atoms with van der Waals surface area (Å²) in [6, 6.07) is 5.52. The molecule has 0 radical (unpaired) electrons. The van der Waals surface area contributed by atoms with Crippen molar-refractivity contribution < 1.29 is 9.53 Å². The third kappa shape index (κ3) is 3.02. The molecule has 1 atom stereocenters. The minimum absolute atomic E-state index is 0.0654. The van der Waals surface area contributed by atoms with Crippen molar-refractivity contribution in [3.05, 3.63) is 47.0 Å². The molecule has 0 aliphatic carbocycles. The van der Waals surface area contributed by atoms with Crippen LogP contribution < -0.4 is 5.73 Å². The van der Waals surface area contributed by atoms with Crippen molar-refractivity contribution in [2.75, 3.05) is 12.3 Å². The van der Waals surface area contributed by atoms with Crippen molar-refractivity contribution in [2.24, 2.45) is 7.05 Å². The van der Waals surface area contributed by atoms with Crippen molar-refractivity contribution in [2.45, 2.75) is 33.1 Å². The van der Waals surface area contributed by atoms with Crippen LogP contribution in [0.5, 0.6) is 0 Å². The van der Waals surface area contributed by atoms with Gasteiger partial charge in [0.05, 0.1) is 24.8 Å². The van der Waals surface area contributed by atoms with Gasteiger partial charge in [0.15, 0.2) is 5.82 Å². The number of nitrogens with two attached hydrogens (primary N) is 1. The topological polar surface area (TPSA) is 99.2 Å². The average Bonchev–Trinajstić information content (AvgIpc) is 3.25. The summed E-state index contributed by atoms with van der Waals surface area (Å²) in [6.07, 6.45) is 1.54. The highest BCUT2D eigenvalue weighted by molar-refractivity contribution is 5.99. The second-order valence-corrected chi connectivity index (χ2v) is 6.73. The molecule has 2 N–H and O–H groups in total. The van der Waals surface area contributed by atoms with Crippen molar-refractivity contribution in [1.82, 2.24) is 24.6 Å². The fourth-order valence-corrected chi connectivity index (χ4v) is 3.54. The molecule has 4 rings (SSSR count). The lowest BCUT2D eigenvalue weighted by molar-refractivity contribution is 0.0748. The lowest BCUT2D eigenvalue weighted by atomic mass is 10.00. The van der Waals surface area contributed by atoms with E-state index in [1.807, 2.05) is 26.0 Å². The van der Waals surface area contributed by atoms with Gasteiger partial charge in [-0.25, -0.2) is 9.97 Å². The number of nitrogens with zero attached hydrogens (tertiary/aromatic N) is 5. The zero-order valence-corrected chi connectivity index (χ0v) is 15.6. The van der Waals surface area contributed by atoms with E-state index < -0.39 is 0 Å². The quantitative estimate of drug-likeness (QED) is 0.760. The molecule has 1 aromatic carbocycles. The van der Waals surface area contributed by atoms with E-state index in [0.717, 1.165) is 22.0 Å². The summed E-state index contributed by atoms with van der Waals surface area (Å²) in [5.74, 6) is 1.05. The van der Waals surface area contributed by atoms with Crippen LogP contribution in [0.1, 0.15) is 47.3 Å². The van der Waals surface area contributed by atoms with Gasteiger partial charge < -0.3 is 15.4 Å². The standard InChI is InChI=1S/C19H22N6O2/c1-4-25(8-16-21-10-24(3)23-16)19(26)12-5-6-15-13(7-12)14-9-27-11(2)17(14)18(20)22-15/h5-7,10-11H,4,8-9H2,1-3H3,(H2,20,22)/t11-/m1/s1. The first-order chi connectivity index (χ1) is 13.0. The van der Waals surface area contributed by atoms with Crippen LogP contribution in [0, 0.1) is 0 Å². The molecular weight excluding hydrogens is 344 g/mol. The SMILES string of the molecule is CCN(Cc1ncn(C)n1)C(=O)c1ccc2nc(N)c3c(c2c1)CO[C@@H]3C. The maximum absolute atomic E-state index is 13.0. The van der Waals surface area contributed by atoms with Crippen LogP contribution in [0.25, 0.3) is 10.9 Å². The Kier molecular flexibility index (Phi) is 4.27. The molecule has 3 heterocycles. The molecule has 27 heavy (non-hydrogen) atoms. The van der Waals surface area contributed by atoms with E-state index in [0.29, 0.717) is 36.9 Å². The number of aromatic nitrogens is 4. The molecular formula is C19H22N6O2. The predicted molar refractivity (Wildman–Crippen MR) is 101 cm³/mol. The summed E-state index contributed by atoms with van der Waals surface area (Å²) in [4.78, 5) is 23.5. The minimum atomic E-state index is -0.0846. The third-order valence-electron chi connectivity index (χ3n) is 4.94. The molecule has 1 amide bonds. The lowest BCUT2D eigenvalue weighted by Gasteiger charge is -2.20. The van der Waals surface area contributed by atoms with Crippen LogP contribution in [0.3, 0.4) is 0 Å². The molecule has 0 unspecified atom stereocenters. The van der Waals surface area contributed by atoms with Crippen LogP contribution in [0.2, 0.25) is 0 Å². The fraction of sp³-hybridized carbons (Fsp3) is 0.368. The third-order valence-corrected chi connectivity index (χ3v) is 4.94. The number of carbonyl (C=O) groups excluding carboxylic acids is 1. The maximum Gasteiger partial charge on any atom is 0.254 e. The second kappa shape index (κ2) is 6.62. The van der Waals surface area contributed by atoms with Gasteiger partial charge in [0.2, 0.25) is 0 Å². The van der Waals surface area contributed by atoms with E-state index in [1.54, 1.807) is 29.0 Å². The van der Waals surface area contributed by atoms with Gasteiger partial charge in [0, 0.05) is 30.1 Å². The van der Waals surface area contributed by atoms with E-state index in [4.69, 9.17) is 10.5 Å². The first kappa shape index (κ1) is 17.4. The molecule has 0 spiro atoms. The summed E-state index contributed by atoms with van der Waals surface area (Å²) < 4.78 is 7.36. The van der Waals surface area contributed by atoms with Gasteiger partial charge in [-0.2, -0.15) is 5.10 Å². The predicted octanol–water partition coefficient (Wildman–Crippen LogP) is 2.20.